The summed E-state index contributed by atoms with van der Waals surface area (Å²) in [6.45, 7) is 7.60. The van der Waals surface area contributed by atoms with E-state index in [4.69, 9.17) is 37.8 Å². The van der Waals surface area contributed by atoms with Crippen LogP contribution in [0.1, 0.15) is 58.9 Å². The van der Waals surface area contributed by atoms with Crippen molar-refractivity contribution in [2.45, 2.75) is 83.5 Å². The van der Waals surface area contributed by atoms with Gasteiger partial charge in [-0.15, -0.1) is 0 Å². The van der Waals surface area contributed by atoms with Gasteiger partial charge in [-0.1, -0.05) is 13.0 Å². The van der Waals surface area contributed by atoms with Gasteiger partial charge in [0.1, 0.15) is 46.2 Å². The molecule has 0 spiro atoms. The highest BCUT2D eigenvalue weighted by Crippen LogP contribution is 2.48. The van der Waals surface area contributed by atoms with E-state index in [0.717, 1.165) is 12.7 Å². The minimum atomic E-state index is -3.69. The van der Waals surface area contributed by atoms with E-state index in [1.807, 2.05) is 32.6 Å². The number of halogens is 2. The molecule has 2 saturated heterocycles. The van der Waals surface area contributed by atoms with E-state index in [2.05, 4.69) is 4.98 Å². The molecule has 1 amide bonds. The molecule has 5 heterocycles. The Labute approximate surface area is 323 Å². The number of carbonyl (C=O) groups is 1. The summed E-state index contributed by atoms with van der Waals surface area (Å²) in [5.74, 6) is -0.505. The standard InChI is InChI=1S/C39H45F2N5O9S/c1-7-24-26(40)10-8-21-14-23(53-20-50-5)15-25(29(21)24)32-31(41)33-30-34(44-36(43-33)52-18-39(12-13-39)19-54-56(6,48)49)45-16-22-9-11-27(28(45)17-51-35(30)42-32)46(22)37(47)55-38(2,3)4/h8,10,14-15,22,27-28H,7,9,11-13,16-20H2,1-6H3/t22-,27+,28-/m1/s1. The highest BCUT2D eigenvalue weighted by atomic mass is 32.2. The second-order valence-corrected chi connectivity index (χ2v) is 17.7. The third kappa shape index (κ3) is 7.13. The van der Waals surface area contributed by atoms with E-state index in [1.165, 1.54) is 13.2 Å². The van der Waals surface area contributed by atoms with Crippen LogP contribution in [0.25, 0.3) is 32.9 Å². The van der Waals surface area contributed by atoms with Gasteiger partial charge in [0.2, 0.25) is 5.88 Å². The number of benzene rings is 2. The summed E-state index contributed by atoms with van der Waals surface area (Å²) in [4.78, 5) is 31.6. The van der Waals surface area contributed by atoms with Crippen molar-refractivity contribution in [2.75, 3.05) is 51.4 Å². The summed E-state index contributed by atoms with van der Waals surface area (Å²) < 4.78 is 91.0. The molecule has 2 aromatic heterocycles. The molecule has 8 rings (SSSR count). The van der Waals surface area contributed by atoms with Crippen molar-refractivity contribution in [2.24, 2.45) is 5.41 Å². The predicted octanol–water partition coefficient (Wildman–Crippen LogP) is 6.15. The second kappa shape index (κ2) is 14.1. The fraction of sp³-hybridized carbons (Fsp3) is 0.538. The monoisotopic (exact) mass is 797 g/mol. The first-order valence-electron chi connectivity index (χ1n) is 18.7. The normalized spacial score (nSPS) is 21.1. The van der Waals surface area contributed by atoms with E-state index in [9.17, 15) is 13.2 Å². The molecule has 4 aromatic rings. The molecule has 56 heavy (non-hydrogen) atoms. The molecule has 1 saturated carbocycles. The molecule has 1 aliphatic carbocycles. The van der Waals surface area contributed by atoms with Crippen LogP contribution < -0.4 is 19.1 Å². The van der Waals surface area contributed by atoms with Gasteiger partial charge in [0.05, 0.1) is 37.6 Å². The third-order valence-corrected chi connectivity index (χ3v) is 11.5. The van der Waals surface area contributed by atoms with Gasteiger partial charge >= 0.3 is 12.1 Å². The number of nitrogens with zero attached hydrogens (tertiary/aromatic N) is 5. The van der Waals surface area contributed by atoms with Crippen LogP contribution in [0.3, 0.4) is 0 Å². The molecule has 0 N–H and O–H groups in total. The number of carbonyl (C=O) groups excluding carboxylic acids is 1. The number of anilines is 1. The number of piperazine rings is 1. The number of methoxy groups -OCH3 is 1. The molecule has 3 atom stereocenters. The fourth-order valence-electron chi connectivity index (χ4n) is 8.09. The summed E-state index contributed by atoms with van der Waals surface area (Å²) >= 11 is 0. The van der Waals surface area contributed by atoms with Crippen molar-refractivity contribution < 1.29 is 49.9 Å². The van der Waals surface area contributed by atoms with Crippen molar-refractivity contribution in [3.63, 3.8) is 0 Å². The number of aromatic nitrogens is 3. The Bertz CT molecular complexity index is 2340. The summed E-state index contributed by atoms with van der Waals surface area (Å²) in [5.41, 5.74) is -0.913. The Kier molecular flexibility index (Phi) is 9.63. The average Bonchev–Trinajstić information content (AvgIpc) is 3.87. The van der Waals surface area contributed by atoms with E-state index in [-0.39, 0.29) is 72.7 Å². The lowest BCUT2D eigenvalue weighted by molar-refractivity contribution is 0.00537. The van der Waals surface area contributed by atoms with Crippen molar-refractivity contribution in [1.29, 1.82) is 0 Å². The molecule has 3 fully saturated rings. The van der Waals surface area contributed by atoms with Crippen molar-refractivity contribution in [1.82, 2.24) is 19.9 Å². The minimum absolute atomic E-state index is 0.0279. The highest BCUT2D eigenvalue weighted by molar-refractivity contribution is 7.85. The lowest BCUT2D eigenvalue weighted by Gasteiger charge is -2.46. The first-order chi connectivity index (χ1) is 26.6. The molecular weight excluding hydrogens is 753 g/mol. The number of fused-ring (bicyclic) bond motifs is 6. The van der Waals surface area contributed by atoms with Crippen LogP contribution in [0, 0.1) is 17.0 Å². The predicted molar refractivity (Wildman–Crippen MR) is 202 cm³/mol. The van der Waals surface area contributed by atoms with Crippen LogP contribution in [-0.2, 0) is 30.2 Å². The summed E-state index contributed by atoms with van der Waals surface area (Å²) in [5, 5.41) is 1.29. The Morgan fingerprint density at radius 2 is 1.82 bits per heavy atom. The van der Waals surface area contributed by atoms with E-state index >= 15 is 8.78 Å². The van der Waals surface area contributed by atoms with Crippen LogP contribution in [0.4, 0.5) is 19.4 Å². The summed E-state index contributed by atoms with van der Waals surface area (Å²) in [7, 11) is -2.21. The molecule has 2 bridgehead atoms. The van der Waals surface area contributed by atoms with Gasteiger partial charge in [-0.25, -0.2) is 18.6 Å². The van der Waals surface area contributed by atoms with Gasteiger partial charge < -0.3 is 28.6 Å². The van der Waals surface area contributed by atoms with Gasteiger partial charge in [0, 0.05) is 24.6 Å². The first-order valence-corrected chi connectivity index (χ1v) is 20.6. The zero-order valence-electron chi connectivity index (χ0n) is 32.2. The quantitative estimate of drug-likeness (QED) is 0.126. The first kappa shape index (κ1) is 38.3. The van der Waals surface area contributed by atoms with E-state index < -0.39 is 44.9 Å². The molecule has 3 aliphatic heterocycles. The molecule has 17 heteroatoms. The maximum Gasteiger partial charge on any atom is 0.410 e. The van der Waals surface area contributed by atoms with Crippen LogP contribution in [0.2, 0.25) is 0 Å². The van der Waals surface area contributed by atoms with Crippen molar-refractivity contribution in [3.05, 3.63) is 41.5 Å². The molecular formula is C39H45F2N5O9S. The van der Waals surface area contributed by atoms with Crippen LogP contribution >= 0.6 is 0 Å². The van der Waals surface area contributed by atoms with E-state index in [1.54, 1.807) is 23.1 Å². The molecule has 4 aliphatic rings. The maximum absolute atomic E-state index is 17.5. The highest BCUT2D eigenvalue weighted by Gasteiger charge is 2.52. The molecule has 2 aromatic carbocycles. The Morgan fingerprint density at radius 1 is 1.04 bits per heavy atom. The summed E-state index contributed by atoms with van der Waals surface area (Å²) in [6, 6.07) is 5.22. The average molecular weight is 798 g/mol. The number of pyridine rings is 1. The number of hydrogen-bond donors (Lipinski definition) is 0. The second-order valence-electron chi connectivity index (χ2n) is 16.1. The maximum atomic E-state index is 17.5. The van der Waals surface area contributed by atoms with Crippen LogP contribution in [-0.4, -0.2) is 105 Å². The van der Waals surface area contributed by atoms with Crippen molar-refractivity contribution >= 4 is 43.7 Å². The fourth-order valence-corrected chi connectivity index (χ4v) is 8.56. The van der Waals surface area contributed by atoms with Crippen LogP contribution in [0.5, 0.6) is 17.6 Å². The number of aryl methyl sites for hydroxylation is 1. The van der Waals surface area contributed by atoms with Gasteiger partial charge in [-0.3, -0.25) is 9.08 Å². The molecule has 0 unspecified atom stereocenters. The van der Waals surface area contributed by atoms with E-state index in [0.29, 0.717) is 60.1 Å². The van der Waals surface area contributed by atoms with Gasteiger partial charge in [-0.2, -0.15) is 18.4 Å². The minimum Gasteiger partial charge on any atom is -0.475 e. The number of amides is 1. The SMILES string of the molecule is CCc1c(F)ccc2cc(OCOC)cc(-c3nc4c5c(nc(OCC6(COS(C)(=O)=O)CC6)nc5c3F)N3C[C@H]5CC[C@@H]([C@H]3CO4)N5C(=O)OC(C)(C)C)c12. The van der Waals surface area contributed by atoms with Gasteiger partial charge in [0.15, 0.2) is 12.6 Å². The van der Waals surface area contributed by atoms with Crippen LogP contribution in [0.15, 0.2) is 24.3 Å². The molecule has 300 valence electrons. The Hall–Kier alpha value is -4.61. The van der Waals surface area contributed by atoms with Gasteiger partial charge in [-0.05, 0) is 87.4 Å². The zero-order valence-corrected chi connectivity index (χ0v) is 33.0. The van der Waals surface area contributed by atoms with Crippen molar-refractivity contribution in [3.8, 4) is 28.9 Å². The number of ether oxygens (including phenoxy) is 5. The molecule has 14 nitrogen and oxygen atoms in total. The third-order valence-electron chi connectivity index (χ3n) is 10.9. The lowest BCUT2D eigenvalue weighted by Crippen LogP contribution is -2.63. The topological polar surface area (TPSA) is 152 Å². The summed E-state index contributed by atoms with van der Waals surface area (Å²) in [6.07, 6.45) is 3.62. The zero-order chi connectivity index (χ0) is 39.7. The molecule has 0 radical (unpaired) electrons. The number of hydrogen-bond acceptors (Lipinski definition) is 13. The smallest absolute Gasteiger partial charge is 0.410 e. The lowest BCUT2D eigenvalue weighted by atomic mass is 9.94. The Balaban J connectivity index is 1.28. The Morgan fingerprint density at radius 3 is 2.52 bits per heavy atom. The largest absolute Gasteiger partial charge is 0.475 e. The number of rotatable bonds is 11. The van der Waals surface area contributed by atoms with Gasteiger partial charge in [0.25, 0.3) is 10.1 Å².